The van der Waals surface area contributed by atoms with Crippen LogP contribution in [-0.4, -0.2) is 51.1 Å². The molecule has 0 radical (unpaired) electrons. The Hall–Kier alpha value is -2.16. The summed E-state index contributed by atoms with van der Waals surface area (Å²) in [5.41, 5.74) is 2.60. The van der Waals surface area contributed by atoms with E-state index in [9.17, 15) is 9.90 Å². The predicted molar refractivity (Wildman–Crippen MR) is 110 cm³/mol. The maximum atomic E-state index is 11.2. The van der Waals surface area contributed by atoms with Crippen molar-refractivity contribution in [2.45, 2.75) is 39.5 Å². The highest BCUT2D eigenvalue weighted by Crippen LogP contribution is 2.34. The molecule has 1 saturated heterocycles. The topological polar surface area (TPSA) is 80.5 Å². The van der Waals surface area contributed by atoms with E-state index in [4.69, 9.17) is 21.3 Å². The van der Waals surface area contributed by atoms with Crippen LogP contribution in [0, 0.1) is 6.92 Å². The molecule has 28 heavy (non-hydrogen) atoms. The minimum atomic E-state index is -1.04. The minimum Gasteiger partial charge on any atom is -0.476 e. The highest BCUT2D eigenvalue weighted by atomic mass is 35.5. The molecule has 0 bridgehead atoms. The molecule has 0 aliphatic carbocycles. The summed E-state index contributed by atoms with van der Waals surface area (Å²) in [5.74, 6) is -1.04. The van der Waals surface area contributed by atoms with Crippen molar-refractivity contribution in [2.75, 3.05) is 18.0 Å². The molecular formula is C19H21ClN4O3S. The number of rotatable bonds is 4. The van der Waals surface area contributed by atoms with Gasteiger partial charge in [0.1, 0.15) is 0 Å². The molecule has 1 aromatic carbocycles. The van der Waals surface area contributed by atoms with Crippen LogP contribution in [0.5, 0.6) is 0 Å². The maximum absolute atomic E-state index is 11.2. The number of aromatic nitrogens is 3. The van der Waals surface area contributed by atoms with Crippen LogP contribution in [0.15, 0.2) is 18.2 Å². The van der Waals surface area contributed by atoms with E-state index in [1.54, 1.807) is 22.1 Å². The van der Waals surface area contributed by atoms with Gasteiger partial charge in [0.25, 0.3) is 0 Å². The van der Waals surface area contributed by atoms with Gasteiger partial charge in [-0.25, -0.2) is 9.78 Å². The summed E-state index contributed by atoms with van der Waals surface area (Å²) < 4.78 is 8.50. The van der Waals surface area contributed by atoms with Gasteiger partial charge in [0.05, 0.1) is 29.0 Å². The molecule has 4 rings (SSSR count). The van der Waals surface area contributed by atoms with E-state index in [-0.39, 0.29) is 17.9 Å². The summed E-state index contributed by atoms with van der Waals surface area (Å²) in [6.07, 6.45) is 0.306. The van der Waals surface area contributed by atoms with E-state index < -0.39 is 5.97 Å². The Labute approximate surface area is 171 Å². The Morgan fingerprint density at radius 2 is 2.04 bits per heavy atom. The zero-order valence-electron chi connectivity index (χ0n) is 15.8. The lowest BCUT2D eigenvalue weighted by Gasteiger charge is -2.35. The van der Waals surface area contributed by atoms with E-state index >= 15 is 0 Å². The van der Waals surface area contributed by atoms with Gasteiger partial charge in [0.2, 0.25) is 0 Å². The number of halogens is 1. The molecule has 1 N–H and O–H groups in total. The first kappa shape index (κ1) is 19.2. The van der Waals surface area contributed by atoms with Gasteiger partial charge in [0.15, 0.2) is 10.8 Å². The summed E-state index contributed by atoms with van der Waals surface area (Å²) in [7, 11) is 0. The van der Waals surface area contributed by atoms with Gasteiger partial charge in [-0.3, -0.25) is 4.68 Å². The van der Waals surface area contributed by atoms with Gasteiger partial charge in [-0.15, -0.1) is 0 Å². The number of nitrogens with zero attached hydrogens (tertiary/aromatic N) is 4. The van der Waals surface area contributed by atoms with Crippen molar-refractivity contribution in [3.63, 3.8) is 0 Å². The largest absolute Gasteiger partial charge is 0.476 e. The van der Waals surface area contributed by atoms with Crippen molar-refractivity contribution in [3.05, 3.63) is 40.2 Å². The molecule has 9 heteroatoms. The number of carboxylic acids is 1. The average molecular weight is 421 g/mol. The zero-order valence-corrected chi connectivity index (χ0v) is 17.4. The fourth-order valence-corrected chi connectivity index (χ4v) is 4.95. The Kier molecular flexibility index (Phi) is 5.03. The van der Waals surface area contributed by atoms with Crippen molar-refractivity contribution in [2.24, 2.45) is 0 Å². The smallest absolute Gasteiger partial charge is 0.356 e. The monoisotopic (exact) mass is 420 g/mol. The summed E-state index contributed by atoms with van der Waals surface area (Å²) in [6, 6.07) is 5.36. The minimum absolute atomic E-state index is 0.0334. The number of carboxylic acid groups (broad SMARTS) is 1. The van der Waals surface area contributed by atoms with Gasteiger partial charge < -0.3 is 14.7 Å². The van der Waals surface area contributed by atoms with Gasteiger partial charge in [0, 0.05) is 29.4 Å². The molecule has 1 aliphatic rings. The second-order valence-corrected chi connectivity index (χ2v) is 8.65. The van der Waals surface area contributed by atoms with E-state index in [0.717, 1.165) is 39.7 Å². The van der Waals surface area contributed by atoms with Crippen LogP contribution < -0.4 is 4.90 Å². The molecule has 2 aromatic heterocycles. The van der Waals surface area contributed by atoms with Crippen molar-refractivity contribution in [3.8, 4) is 0 Å². The molecular weight excluding hydrogens is 400 g/mol. The number of morpholine rings is 1. The summed E-state index contributed by atoms with van der Waals surface area (Å²) >= 11 is 7.96. The molecule has 0 saturated carbocycles. The Morgan fingerprint density at radius 3 is 2.68 bits per heavy atom. The van der Waals surface area contributed by atoms with Crippen LogP contribution in [0.4, 0.5) is 5.13 Å². The third-order valence-electron chi connectivity index (χ3n) is 4.74. The molecule has 3 aromatic rings. The lowest BCUT2D eigenvalue weighted by atomic mass is 10.2. The Morgan fingerprint density at radius 1 is 1.32 bits per heavy atom. The van der Waals surface area contributed by atoms with Crippen molar-refractivity contribution in [1.82, 2.24) is 14.8 Å². The normalized spacial score (nSPS) is 20.1. The van der Waals surface area contributed by atoms with Crippen LogP contribution in [-0.2, 0) is 11.3 Å². The predicted octanol–water partition coefficient (Wildman–Crippen LogP) is 3.81. The first-order valence-electron chi connectivity index (χ1n) is 9.07. The zero-order chi connectivity index (χ0) is 20.0. The molecule has 1 aliphatic heterocycles. The van der Waals surface area contributed by atoms with Crippen LogP contribution in [0.2, 0.25) is 5.02 Å². The Balaban J connectivity index is 1.71. The summed E-state index contributed by atoms with van der Waals surface area (Å²) in [5, 5.41) is 14.9. The fourth-order valence-electron chi connectivity index (χ4n) is 3.58. The molecule has 0 amide bonds. The van der Waals surface area contributed by atoms with Crippen LogP contribution in [0.1, 0.15) is 35.6 Å². The molecule has 0 spiro atoms. The van der Waals surface area contributed by atoms with E-state index in [2.05, 4.69) is 23.8 Å². The molecule has 1 fully saturated rings. The number of fused-ring (bicyclic) bond motifs is 1. The van der Waals surface area contributed by atoms with Gasteiger partial charge in [-0.2, -0.15) is 5.10 Å². The maximum Gasteiger partial charge on any atom is 0.356 e. The molecule has 3 heterocycles. The van der Waals surface area contributed by atoms with Gasteiger partial charge in [-0.05, 0) is 39.0 Å². The summed E-state index contributed by atoms with van der Waals surface area (Å²) in [4.78, 5) is 18.3. The summed E-state index contributed by atoms with van der Waals surface area (Å²) in [6.45, 7) is 7.98. The van der Waals surface area contributed by atoms with Crippen molar-refractivity contribution < 1.29 is 14.6 Å². The first-order valence-corrected chi connectivity index (χ1v) is 10.3. The number of carbonyl (C=O) groups is 1. The van der Waals surface area contributed by atoms with E-state index in [1.807, 2.05) is 19.1 Å². The molecule has 2 atom stereocenters. The second kappa shape index (κ2) is 7.35. The third-order valence-corrected chi connectivity index (χ3v) is 6.02. The van der Waals surface area contributed by atoms with Gasteiger partial charge >= 0.3 is 5.97 Å². The number of anilines is 1. The molecule has 7 nitrogen and oxygen atoms in total. The number of thiazole rings is 1. The van der Waals surface area contributed by atoms with E-state index in [1.165, 1.54) is 0 Å². The fraction of sp³-hybridized carbons (Fsp3) is 0.421. The molecule has 148 valence electrons. The number of ether oxygens (including phenoxy) is 1. The average Bonchev–Trinajstić information content (AvgIpc) is 3.18. The van der Waals surface area contributed by atoms with Crippen LogP contribution in [0.3, 0.4) is 0 Å². The van der Waals surface area contributed by atoms with E-state index in [0.29, 0.717) is 11.6 Å². The molecule has 2 unspecified atom stereocenters. The van der Waals surface area contributed by atoms with Crippen molar-refractivity contribution >= 4 is 44.3 Å². The highest BCUT2D eigenvalue weighted by Gasteiger charge is 2.25. The van der Waals surface area contributed by atoms with Crippen molar-refractivity contribution in [1.29, 1.82) is 0 Å². The second-order valence-electron chi connectivity index (χ2n) is 7.20. The number of hydrogen-bond acceptors (Lipinski definition) is 6. The standard InChI is InChI=1S/C19H21ClN4O3S/c1-10-4-15(18(25)26)22-24(10)9-13-5-14(20)6-16-17(13)21-19(28-16)23-7-11(2)27-12(3)8-23/h4-6,11-12H,7-9H2,1-3H3,(H,25,26). The lowest BCUT2D eigenvalue weighted by Crippen LogP contribution is -2.45. The number of hydrogen-bond donors (Lipinski definition) is 1. The van der Waals surface area contributed by atoms with Crippen LogP contribution in [0.25, 0.3) is 10.2 Å². The van der Waals surface area contributed by atoms with Gasteiger partial charge in [-0.1, -0.05) is 22.9 Å². The quantitative estimate of drug-likeness (QED) is 0.691. The number of aryl methyl sites for hydroxylation is 1. The Bertz CT molecular complexity index is 1040. The third kappa shape index (κ3) is 3.72. The SMILES string of the molecule is Cc1cc(C(=O)O)nn1Cc1cc(Cl)cc2sc(N3CC(C)OC(C)C3)nc12. The van der Waals surface area contributed by atoms with Crippen LogP contribution >= 0.6 is 22.9 Å². The lowest BCUT2D eigenvalue weighted by molar-refractivity contribution is -0.00522. The number of benzene rings is 1. The number of aromatic carboxylic acids is 1. The highest BCUT2D eigenvalue weighted by molar-refractivity contribution is 7.22. The first-order chi connectivity index (χ1) is 13.3.